The maximum absolute atomic E-state index is 5.71. The Kier molecular flexibility index (Phi) is 5.46. The Morgan fingerprint density at radius 2 is 2.12 bits per heavy atom. The molecule has 0 spiro atoms. The molecule has 98 valence electrons. The number of hydrogen-bond acceptors (Lipinski definition) is 5. The first-order valence-electron chi connectivity index (χ1n) is 6.12. The van der Waals surface area contributed by atoms with Crippen LogP contribution in [0.3, 0.4) is 0 Å². The molecule has 1 rings (SSSR count). The Labute approximate surface area is 108 Å². The Morgan fingerprint density at radius 1 is 1.41 bits per heavy atom. The van der Waals surface area contributed by atoms with Crippen LogP contribution in [-0.4, -0.2) is 21.4 Å². The zero-order valence-corrected chi connectivity index (χ0v) is 12.0. The summed E-state index contributed by atoms with van der Waals surface area (Å²) in [6, 6.07) is 0. The number of thioether (sulfide) groups is 1. The van der Waals surface area contributed by atoms with E-state index in [4.69, 9.17) is 10.3 Å². The normalized spacial score (nSPS) is 13.9. The van der Waals surface area contributed by atoms with Gasteiger partial charge in [-0.25, -0.2) is 0 Å². The molecule has 1 aromatic heterocycles. The molecule has 0 aromatic carbocycles. The van der Waals surface area contributed by atoms with Gasteiger partial charge in [-0.05, 0) is 6.42 Å². The van der Waals surface area contributed by atoms with Gasteiger partial charge in [0.25, 0.3) is 0 Å². The van der Waals surface area contributed by atoms with E-state index in [1.807, 2.05) is 11.8 Å². The van der Waals surface area contributed by atoms with Gasteiger partial charge in [0.05, 0.1) is 11.7 Å². The largest absolute Gasteiger partial charge is 0.339 e. The average molecular weight is 257 g/mol. The molecule has 1 unspecified atom stereocenters. The van der Waals surface area contributed by atoms with Gasteiger partial charge >= 0.3 is 0 Å². The van der Waals surface area contributed by atoms with Crippen molar-refractivity contribution in [1.82, 2.24) is 10.1 Å². The average Bonchev–Trinajstić information content (AvgIpc) is 2.70. The van der Waals surface area contributed by atoms with Crippen LogP contribution >= 0.6 is 11.8 Å². The highest BCUT2D eigenvalue weighted by atomic mass is 32.2. The maximum Gasteiger partial charge on any atom is 0.231 e. The summed E-state index contributed by atoms with van der Waals surface area (Å²) in [4.78, 5) is 4.42. The van der Waals surface area contributed by atoms with Gasteiger partial charge in [0.15, 0.2) is 5.82 Å². The van der Waals surface area contributed by atoms with Crippen molar-refractivity contribution < 1.29 is 4.52 Å². The van der Waals surface area contributed by atoms with Crippen molar-refractivity contribution in [2.24, 2.45) is 5.73 Å². The molecular formula is C12H23N3OS. The van der Waals surface area contributed by atoms with Crippen molar-refractivity contribution in [3.8, 4) is 0 Å². The van der Waals surface area contributed by atoms with Gasteiger partial charge in [0, 0.05) is 11.3 Å². The van der Waals surface area contributed by atoms with E-state index < -0.39 is 0 Å². The van der Waals surface area contributed by atoms with E-state index in [1.165, 1.54) is 0 Å². The van der Waals surface area contributed by atoms with Gasteiger partial charge in [-0.1, -0.05) is 39.3 Å². The Hall–Kier alpha value is -0.550. The monoisotopic (exact) mass is 257 g/mol. The summed E-state index contributed by atoms with van der Waals surface area (Å²) in [6.45, 7) is 9.24. The second kappa shape index (κ2) is 6.40. The van der Waals surface area contributed by atoms with E-state index >= 15 is 0 Å². The second-order valence-electron chi connectivity index (χ2n) is 5.17. The summed E-state index contributed by atoms with van der Waals surface area (Å²) in [5.41, 5.74) is 5.71. The minimum absolute atomic E-state index is 0.209. The third-order valence-electron chi connectivity index (χ3n) is 2.39. The standard InChI is InChI=1S/C12H23N3OS/c1-5-6-9(7-13)11-14-10(15-16-11)8-17-12(2,3)4/h9H,5-8,13H2,1-4H3. The van der Waals surface area contributed by atoms with Crippen molar-refractivity contribution in [2.45, 2.75) is 57.0 Å². The van der Waals surface area contributed by atoms with Gasteiger partial charge in [-0.3, -0.25) is 0 Å². The molecular weight excluding hydrogens is 234 g/mol. The van der Waals surface area contributed by atoms with E-state index in [-0.39, 0.29) is 10.7 Å². The van der Waals surface area contributed by atoms with Crippen LogP contribution in [0, 0.1) is 0 Å². The lowest BCUT2D eigenvalue weighted by Crippen LogP contribution is -2.12. The molecule has 0 bridgehead atoms. The van der Waals surface area contributed by atoms with Crippen molar-refractivity contribution >= 4 is 11.8 Å². The van der Waals surface area contributed by atoms with Crippen LogP contribution < -0.4 is 5.73 Å². The van der Waals surface area contributed by atoms with Gasteiger partial charge in [0.2, 0.25) is 5.89 Å². The quantitative estimate of drug-likeness (QED) is 0.848. The van der Waals surface area contributed by atoms with Crippen molar-refractivity contribution in [1.29, 1.82) is 0 Å². The first kappa shape index (κ1) is 14.5. The van der Waals surface area contributed by atoms with Crippen LogP contribution in [0.1, 0.15) is 58.2 Å². The van der Waals surface area contributed by atoms with Crippen LogP contribution in [0.25, 0.3) is 0 Å². The first-order chi connectivity index (χ1) is 7.96. The highest BCUT2D eigenvalue weighted by molar-refractivity contribution is 7.99. The molecule has 1 heterocycles. The summed E-state index contributed by atoms with van der Waals surface area (Å²) in [5.74, 6) is 2.46. The number of hydrogen-bond donors (Lipinski definition) is 1. The zero-order chi connectivity index (χ0) is 12.9. The smallest absolute Gasteiger partial charge is 0.231 e. The van der Waals surface area contributed by atoms with Gasteiger partial charge in [0.1, 0.15) is 0 Å². The SMILES string of the molecule is CCCC(CN)c1nc(CSC(C)(C)C)no1. The van der Waals surface area contributed by atoms with Gasteiger partial charge < -0.3 is 10.3 Å². The van der Waals surface area contributed by atoms with E-state index in [0.717, 1.165) is 24.4 Å². The number of nitrogens with zero attached hydrogens (tertiary/aromatic N) is 2. The fourth-order valence-corrected chi connectivity index (χ4v) is 2.14. The summed E-state index contributed by atoms with van der Waals surface area (Å²) < 4.78 is 5.50. The molecule has 0 fully saturated rings. The molecule has 4 nitrogen and oxygen atoms in total. The minimum atomic E-state index is 0.209. The molecule has 0 saturated heterocycles. The molecule has 0 aliphatic carbocycles. The molecule has 0 saturated carbocycles. The lowest BCUT2D eigenvalue weighted by molar-refractivity contribution is 0.344. The van der Waals surface area contributed by atoms with E-state index in [0.29, 0.717) is 12.4 Å². The van der Waals surface area contributed by atoms with E-state index in [9.17, 15) is 0 Å². The summed E-state index contributed by atoms with van der Waals surface area (Å²) in [7, 11) is 0. The van der Waals surface area contributed by atoms with Crippen molar-refractivity contribution in [2.75, 3.05) is 6.54 Å². The highest BCUT2D eigenvalue weighted by Gasteiger charge is 2.18. The third kappa shape index (κ3) is 5.08. The lowest BCUT2D eigenvalue weighted by Gasteiger charge is -2.15. The molecule has 2 N–H and O–H groups in total. The molecule has 1 atom stereocenters. The van der Waals surface area contributed by atoms with Gasteiger partial charge in [-0.15, -0.1) is 11.8 Å². The first-order valence-corrected chi connectivity index (χ1v) is 7.11. The van der Waals surface area contributed by atoms with Crippen LogP contribution in [0.4, 0.5) is 0 Å². The molecule has 0 aliphatic rings. The number of nitrogens with two attached hydrogens (primary N) is 1. The predicted octanol–water partition coefficient (Wildman–Crippen LogP) is 2.94. The summed E-state index contributed by atoms with van der Waals surface area (Å²) in [5, 5.41) is 4.01. The van der Waals surface area contributed by atoms with E-state index in [2.05, 4.69) is 37.8 Å². The molecule has 1 aromatic rings. The van der Waals surface area contributed by atoms with Crippen LogP contribution in [-0.2, 0) is 5.75 Å². The fraction of sp³-hybridized carbons (Fsp3) is 0.833. The van der Waals surface area contributed by atoms with Crippen LogP contribution in [0.15, 0.2) is 4.52 Å². The second-order valence-corrected chi connectivity index (χ2v) is 6.97. The predicted molar refractivity (Wildman–Crippen MR) is 72.0 cm³/mol. The van der Waals surface area contributed by atoms with Crippen molar-refractivity contribution in [3.05, 3.63) is 11.7 Å². The number of rotatable bonds is 6. The molecule has 0 radical (unpaired) electrons. The van der Waals surface area contributed by atoms with Crippen molar-refractivity contribution in [3.63, 3.8) is 0 Å². The lowest BCUT2D eigenvalue weighted by atomic mass is 10.0. The Morgan fingerprint density at radius 3 is 2.65 bits per heavy atom. The van der Waals surface area contributed by atoms with Crippen LogP contribution in [0.2, 0.25) is 0 Å². The highest BCUT2D eigenvalue weighted by Crippen LogP contribution is 2.27. The number of aromatic nitrogens is 2. The third-order valence-corrected chi connectivity index (χ3v) is 3.66. The molecule has 17 heavy (non-hydrogen) atoms. The Balaban J connectivity index is 2.58. The zero-order valence-electron chi connectivity index (χ0n) is 11.2. The van der Waals surface area contributed by atoms with Crippen LogP contribution in [0.5, 0.6) is 0 Å². The topological polar surface area (TPSA) is 64.9 Å². The molecule has 0 amide bonds. The van der Waals surface area contributed by atoms with Gasteiger partial charge in [-0.2, -0.15) is 4.98 Å². The van der Waals surface area contributed by atoms with E-state index in [1.54, 1.807) is 0 Å². The molecule has 0 aliphatic heterocycles. The summed E-state index contributed by atoms with van der Waals surface area (Å²) in [6.07, 6.45) is 2.08. The Bertz CT molecular complexity index is 333. The maximum atomic E-state index is 5.71. The minimum Gasteiger partial charge on any atom is -0.339 e. The molecule has 5 heteroatoms. The summed E-state index contributed by atoms with van der Waals surface area (Å²) >= 11 is 1.82. The fourth-order valence-electron chi connectivity index (χ4n) is 1.46.